The minimum Gasteiger partial charge on any atom is -0.479 e. The van der Waals surface area contributed by atoms with Gasteiger partial charge in [0.15, 0.2) is 11.7 Å². The number of pyridine rings is 2. The summed E-state index contributed by atoms with van der Waals surface area (Å²) in [6, 6.07) is 6.89. The third-order valence-corrected chi connectivity index (χ3v) is 12.7. The van der Waals surface area contributed by atoms with E-state index in [1.807, 2.05) is 6.92 Å². The smallest absolute Gasteiger partial charge is 0.407 e. The lowest BCUT2D eigenvalue weighted by Gasteiger charge is -2.38. The number of amides is 2. The first-order chi connectivity index (χ1) is 31.6. The molecular weight excluding hydrogens is 890 g/mol. The second-order valence-electron chi connectivity index (χ2n) is 16.3. The SMILES string of the molecule is CC[C@@]1(O)C(=O)OCc2c1cc1n(c2=O)Cc2c-1nc1cc(Cl)c(C)c3c1c2C(NC(=O)OCc1ccc(O[C@@H]2O[C@H](C(=O)O)[C@@H](O)[C@H](O)[C@H]2O)c(NC(=O)COCCOCCN)c1)CC3. The summed E-state index contributed by atoms with van der Waals surface area (Å²) in [5.41, 5.74) is 8.06. The monoisotopic (exact) mass is 937 g/mol. The van der Waals surface area contributed by atoms with Gasteiger partial charge >= 0.3 is 18.0 Å². The van der Waals surface area contributed by atoms with E-state index in [4.69, 9.17) is 50.7 Å². The Bertz CT molecular complexity index is 2680. The number of ether oxygens (including phenoxy) is 6. The van der Waals surface area contributed by atoms with E-state index >= 15 is 0 Å². The van der Waals surface area contributed by atoms with Crippen molar-refractivity contribution in [2.75, 3.05) is 38.3 Å². The lowest BCUT2D eigenvalue weighted by Crippen LogP contribution is -2.61. The molecule has 4 aliphatic rings. The molecule has 1 saturated heterocycles. The molecule has 22 heteroatoms. The van der Waals surface area contributed by atoms with Gasteiger partial charge in [0.1, 0.15) is 43.9 Å². The van der Waals surface area contributed by atoms with Crippen LogP contribution < -0.4 is 26.7 Å². The van der Waals surface area contributed by atoms with E-state index in [0.29, 0.717) is 64.6 Å². The minimum atomic E-state index is -2.03. The van der Waals surface area contributed by atoms with Crippen LogP contribution in [0.4, 0.5) is 10.5 Å². The number of rotatable bonds is 15. The van der Waals surface area contributed by atoms with Gasteiger partial charge in [0, 0.05) is 28.1 Å². The Hall–Kier alpha value is -5.75. The second-order valence-corrected chi connectivity index (χ2v) is 16.7. The first-order valence-electron chi connectivity index (χ1n) is 21.2. The van der Waals surface area contributed by atoms with E-state index in [9.17, 15) is 49.5 Å². The Morgan fingerprint density at radius 1 is 1.03 bits per heavy atom. The van der Waals surface area contributed by atoms with Crippen molar-refractivity contribution in [1.29, 1.82) is 0 Å². The summed E-state index contributed by atoms with van der Waals surface area (Å²) in [6.45, 7) is 3.39. The van der Waals surface area contributed by atoms with Crippen molar-refractivity contribution in [2.45, 2.75) is 95.2 Å². The number of carbonyl (C=O) groups is 4. The highest BCUT2D eigenvalue weighted by Gasteiger charge is 2.49. The molecule has 66 heavy (non-hydrogen) atoms. The highest BCUT2D eigenvalue weighted by Crippen LogP contribution is 2.46. The number of nitrogens with one attached hydrogen (secondary N) is 2. The van der Waals surface area contributed by atoms with Gasteiger partial charge in [-0.15, -0.1) is 0 Å². The molecule has 0 radical (unpaired) electrons. The summed E-state index contributed by atoms with van der Waals surface area (Å²) in [4.78, 5) is 70.3. The molecule has 4 aromatic rings. The quantitative estimate of drug-likeness (QED) is 0.0539. The van der Waals surface area contributed by atoms with Gasteiger partial charge in [-0.1, -0.05) is 24.6 Å². The maximum Gasteiger partial charge on any atom is 0.407 e. The normalized spacial score (nSPS) is 23.9. The Labute approximate surface area is 380 Å². The van der Waals surface area contributed by atoms with E-state index in [-0.39, 0.29) is 62.0 Å². The highest BCUT2D eigenvalue weighted by atomic mass is 35.5. The van der Waals surface area contributed by atoms with Crippen molar-refractivity contribution in [3.63, 3.8) is 0 Å². The molecule has 5 heterocycles. The maximum absolute atomic E-state index is 14.0. The molecule has 8 rings (SSSR count). The number of carboxylic acid groups (broad SMARTS) is 1. The van der Waals surface area contributed by atoms with Crippen molar-refractivity contribution in [1.82, 2.24) is 14.9 Å². The van der Waals surface area contributed by atoms with Gasteiger partial charge in [-0.3, -0.25) is 9.59 Å². The number of aryl methyl sites for hydroxylation is 1. The molecule has 2 amide bonds. The summed E-state index contributed by atoms with van der Waals surface area (Å²) in [5.74, 6) is -3.27. The zero-order chi connectivity index (χ0) is 47.2. The Morgan fingerprint density at radius 2 is 1.80 bits per heavy atom. The number of nitrogens with two attached hydrogens (primary N) is 1. The Balaban J connectivity index is 1.05. The lowest BCUT2D eigenvalue weighted by atomic mass is 9.82. The zero-order valence-corrected chi connectivity index (χ0v) is 36.5. The van der Waals surface area contributed by atoms with E-state index in [0.717, 1.165) is 16.5 Å². The van der Waals surface area contributed by atoms with Crippen LogP contribution in [0.3, 0.4) is 0 Å². The van der Waals surface area contributed by atoms with Gasteiger partial charge in [0.05, 0.1) is 60.6 Å². The number of halogens is 1. The topological polar surface area (TPSA) is 310 Å². The molecular formula is C44H48ClN5O16. The zero-order valence-electron chi connectivity index (χ0n) is 35.7. The second kappa shape index (κ2) is 18.9. The summed E-state index contributed by atoms with van der Waals surface area (Å²) >= 11 is 6.71. The van der Waals surface area contributed by atoms with Crippen LogP contribution >= 0.6 is 11.6 Å². The predicted octanol–water partition coefficient (Wildman–Crippen LogP) is 1.16. The van der Waals surface area contributed by atoms with Crippen LogP contribution in [0, 0.1) is 6.92 Å². The largest absolute Gasteiger partial charge is 0.479 e. The number of aliphatic carboxylic acids is 1. The van der Waals surface area contributed by atoms with Gasteiger partial charge in [-0.05, 0) is 72.7 Å². The molecule has 352 valence electrons. The van der Waals surface area contributed by atoms with Crippen LogP contribution in [0.25, 0.3) is 22.3 Å². The number of aliphatic hydroxyl groups excluding tert-OH is 3. The standard InChI is InChI=1S/C44H48ClN5O16/c1-3-44(60)24-13-29-34-22(15-50(29)39(55)23(24)17-63-42(44)58)33-26(6-5-21-19(2)25(45)14-28(48-34)32(21)33)49-43(59)64-16-20-4-7-30(27(12-20)47-31(51)18-62-11-10-61-9-8-46)65-41-37(54)35(52)36(53)38(66-41)40(56)57/h4,7,12-14,26,35-38,41,52-54,60H,3,5-6,8-11,15-18,46H2,1-2H3,(H,47,51)(H,49,59)(H,56,57)/t26?,35-,36-,37+,38-,41+,44-/m0/s1. The van der Waals surface area contributed by atoms with Crippen LogP contribution in [0.2, 0.25) is 5.02 Å². The van der Waals surface area contributed by atoms with Gasteiger partial charge in [-0.25, -0.2) is 19.4 Å². The number of carboxylic acids is 1. The number of benzene rings is 2. The molecule has 21 nitrogen and oxygen atoms in total. The number of esters is 1. The average molecular weight is 938 g/mol. The van der Waals surface area contributed by atoms with Crippen LogP contribution in [-0.2, 0) is 69.8 Å². The third kappa shape index (κ3) is 8.57. The summed E-state index contributed by atoms with van der Waals surface area (Å²) in [5, 5.41) is 58.9. The number of aromatic nitrogens is 2. The Morgan fingerprint density at radius 3 is 2.55 bits per heavy atom. The molecule has 2 aromatic heterocycles. The molecule has 9 N–H and O–H groups in total. The lowest BCUT2D eigenvalue weighted by molar-refractivity contribution is -0.271. The fourth-order valence-corrected chi connectivity index (χ4v) is 9.05. The minimum absolute atomic E-state index is 0.0298. The van der Waals surface area contributed by atoms with Crippen LogP contribution in [0.1, 0.15) is 64.8 Å². The van der Waals surface area contributed by atoms with Crippen LogP contribution in [-0.4, -0.2) is 123 Å². The number of anilines is 1. The van der Waals surface area contributed by atoms with Crippen molar-refractivity contribution in [3.8, 4) is 17.1 Å². The van der Waals surface area contributed by atoms with E-state index in [1.54, 1.807) is 19.1 Å². The van der Waals surface area contributed by atoms with Crippen molar-refractivity contribution < 1.29 is 73.1 Å². The molecule has 0 spiro atoms. The van der Waals surface area contributed by atoms with Crippen molar-refractivity contribution in [2.24, 2.45) is 5.73 Å². The first-order valence-corrected chi connectivity index (χ1v) is 21.6. The summed E-state index contributed by atoms with van der Waals surface area (Å²) < 4.78 is 34.1. The summed E-state index contributed by atoms with van der Waals surface area (Å²) in [7, 11) is 0. The van der Waals surface area contributed by atoms with Crippen molar-refractivity contribution >= 4 is 52.1 Å². The van der Waals surface area contributed by atoms with Gasteiger partial charge in [0.2, 0.25) is 12.2 Å². The van der Waals surface area contributed by atoms with Crippen molar-refractivity contribution in [3.05, 3.63) is 84.7 Å². The number of cyclic esters (lactones) is 1. The number of carbonyl (C=O) groups excluding carboxylic acids is 3. The number of alkyl carbamates (subject to hydrolysis) is 1. The van der Waals surface area contributed by atoms with Gasteiger partial charge < -0.3 is 74.9 Å². The number of nitrogens with zero attached hydrogens (tertiary/aromatic N) is 2. The molecule has 1 unspecified atom stereocenters. The fraction of sp³-hybridized carbons (Fsp3) is 0.455. The van der Waals surface area contributed by atoms with Crippen LogP contribution in [0.5, 0.6) is 5.75 Å². The molecule has 0 saturated carbocycles. The highest BCUT2D eigenvalue weighted by molar-refractivity contribution is 6.32. The maximum atomic E-state index is 14.0. The van der Waals surface area contributed by atoms with E-state index in [1.165, 1.54) is 22.8 Å². The predicted molar refractivity (Wildman–Crippen MR) is 229 cm³/mol. The fourth-order valence-electron chi connectivity index (χ4n) is 8.83. The van der Waals surface area contributed by atoms with Crippen LogP contribution in [0.15, 0.2) is 35.1 Å². The van der Waals surface area contributed by atoms with E-state index < -0.39 is 78.5 Å². The average Bonchev–Trinajstić information content (AvgIpc) is 3.66. The molecule has 0 bridgehead atoms. The molecule has 1 fully saturated rings. The number of hydrogen-bond acceptors (Lipinski definition) is 17. The summed E-state index contributed by atoms with van der Waals surface area (Å²) in [6.07, 6.45) is -9.50. The molecule has 3 aliphatic heterocycles. The number of hydrogen-bond donors (Lipinski definition) is 8. The number of aliphatic hydroxyl groups is 4. The molecule has 2 aromatic carbocycles. The Kier molecular flexibility index (Phi) is 13.4. The third-order valence-electron chi connectivity index (χ3n) is 12.3. The van der Waals surface area contributed by atoms with Gasteiger partial charge in [-0.2, -0.15) is 0 Å². The number of fused-ring (bicyclic) bond motifs is 5. The first kappa shape index (κ1) is 46.8. The van der Waals surface area contributed by atoms with E-state index in [2.05, 4.69) is 10.6 Å². The van der Waals surface area contributed by atoms with Gasteiger partial charge in [0.25, 0.3) is 5.56 Å². The molecule has 7 atom stereocenters. The molecule has 1 aliphatic carbocycles.